The van der Waals surface area contributed by atoms with Gasteiger partial charge in [-0.05, 0) is 32.0 Å². The normalized spacial score (nSPS) is 10.2. The number of nitrogens with zero attached hydrogens (tertiary/aromatic N) is 1. The van der Waals surface area contributed by atoms with Gasteiger partial charge in [0.2, 0.25) is 5.91 Å². The Morgan fingerprint density at radius 2 is 1.94 bits per heavy atom. The minimum absolute atomic E-state index is 0.151. The monoisotopic (exact) mass is 288 g/mol. The molecule has 18 heavy (non-hydrogen) atoms. The molecule has 0 radical (unpaired) electrons. The van der Waals surface area contributed by atoms with Crippen molar-refractivity contribution in [1.29, 1.82) is 0 Å². The first-order chi connectivity index (χ1) is 8.58. The fourth-order valence-electron chi connectivity index (χ4n) is 1.67. The Morgan fingerprint density at radius 3 is 2.50 bits per heavy atom. The molecule has 0 heterocycles. The molecule has 0 unspecified atom stereocenters. The van der Waals surface area contributed by atoms with Crippen LogP contribution in [0.2, 0.25) is 10.0 Å². The summed E-state index contributed by atoms with van der Waals surface area (Å²) < 4.78 is 0. The first-order valence-corrected chi connectivity index (χ1v) is 6.80. The van der Waals surface area contributed by atoms with Gasteiger partial charge in [0.1, 0.15) is 0 Å². The van der Waals surface area contributed by atoms with Gasteiger partial charge in [-0.15, -0.1) is 0 Å². The number of hydrogen-bond donors (Lipinski definition) is 1. The Bertz CT molecular complexity index is 406. The minimum Gasteiger partial charge on any atom is -0.383 e. The van der Waals surface area contributed by atoms with Gasteiger partial charge in [-0.25, -0.2) is 0 Å². The number of benzene rings is 1. The van der Waals surface area contributed by atoms with E-state index in [1.165, 1.54) is 0 Å². The molecular formula is C13H18Cl2N2O. The van der Waals surface area contributed by atoms with Crippen LogP contribution in [0.5, 0.6) is 0 Å². The molecule has 0 bridgehead atoms. The standard InChI is InChI=1S/C13H18Cl2N2O/c1-3-17(4-2)13(18)7-8-16-12-6-5-10(14)9-11(12)15/h5-6,9,16H,3-4,7-8H2,1-2H3. The average molecular weight is 289 g/mol. The molecule has 1 aromatic rings. The summed E-state index contributed by atoms with van der Waals surface area (Å²) in [6, 6.07) is 5.26. The summed E-state index contributed by atoms with van der Waals surface area (Å²) in [5, 5.41) is 4.31. The maximum atomic E-state index is 11.8. The van der Waals surface area contributed by atoms with E-state index < -0.39 is 0 Å². The van der Waals surface area contributed by atoms with Gasteiger partial charge in [0, 0.05) is 31.1 Å². The lowest BCUT2D eigenvalue weighted by Crippen LogP contribution is -2.31. The third-order valence-electron chi connectivity index (χ3n) is 2.70. The maximum absolute atomic E-state index is 11.8. The number of rotatable bonds is 6. The van der Waals surface area contributed by atoms with Crippen LogP contribution in [0.1, 0.15) is 20.3 Å². The van der Waals surface area contributed by atoms with Gasteiger partial charge in [0.15, 0.2) is 0 Å². The number of carbonyl (C=O) groups is 1. The van der Waals surface area contributed by atoms with Crippen LogP contribution in [0, 0.1) is 0 Å². The zero-order chi connectivity index (χ0) is 13.5. The van der Waals surface area contributed by atoms with Crippen LogP contribution >= 0.6 is 23.2 Å². The fourth-order valence-corrected chi connectivity index (χ4v) is 2.15. The Balaban J connectivity index is 2.44. The van der Waals surface area contributed by atoms with Crippen molar-refractivity contribution in [3.63, 3.8) is 0 Å². The van der Waals surface area contributed by atoms with Crippen LogP contribution in [-0.2, 0) is 4.79 Å². The molecule has 1 N–H and O–H groups in total. The summed E-state index contributed by atoms with van der Waals surface area (Å²) in [5.41, 5.74) is 0.799. The van der Waals surface area contributed by atoms with Crippen molar-refractivity contribution in [2.75, 3.05) is 25.0 Å². The van der Waals surface area contributed by atoms with E-state index in [9.17, 15) is 4.79 Å². The van der Waals surface area contributed by atoms with Gasteiger partial charge < -0.3 is 10.2 Å². The number of halogens is 2. The SMILES string of the molecule is CCN(CC)C(=O)CCNc1ccc(Cl)cc1Cl. The number of amides is 1. The first-order valence-electron chi connectivity index (χ1n) is 6.05. The maximum Gasteiger partial charge on any atom is 0.224 e. The molecule has 1 aromatic carbocycles. The summed E-state index contributed by atoms with van der Waals surface area (Å²) in [6.07, 6.45) is 0.459. The highest BCUT2D eigenvalue weighted by Gasteiger charge is 2.09. The predicted molar refractivity (Wildman–Crippen MR) is 77.5 cm³/mol. The van der Waals surface area contributed by atoms with E-state index >= 15 is 0 Å². The third-order valence-corrected chi connectivity index (χ3v) is 3.25. The molecule has 3 nitrogen and oxygen atoms in total. The molecule has 0 spiro atoms. The summed E-state index contributed by atoms with van der Waals surface area (Å²) >= 11 is 11.8. The van der Waals surface area contributed by atoms with Gasteiger partial charge in [-0.1, -0.05) is 23.2 Å². The van der Waals surface area contributed by atoms with Crippen molar-refractivity contribution >= 4 is 34.8 Å². The molecule has 5 heteroatoms. The number of nitrogens with one attached hydrogen (secondary N) is 1. The van der Waals surface area contributed by atoms with Gasteiger partial charge in [-0.2, -0.15) is 0 Å². The van der Waals surface area contributed by atoms with Gasteiger partial charge in [-0.3, -0.25) is 4.79 Å². The summed E-state index contributed by atoms with van der Waals surface area (Å²) in [6.45, 7) is 6.01. The molecule has 0 fully saturated rings. The Morgan fingerprint density at radius 1 is 1.28 bits per heavy atom. The van der Waals surface area contributed by atoms with Crippen LogP contribution < -0.4 is 5.32 Å². The molecule has 0 atom stereocenters. The van der Waals surface area contributed by atoms with E-state index in [1.54, 1.807) is 12.1 Å². The third kappa shape index (κ3) is 4.39. The van der Waals surface area contributed by atoms with E-state index in [-0.39, 0.29) is 5.91 Å². The molecule has 1 amide bonds. The van der Waals surface area contributed by atoms with E-state index in [2.05, 4.69) is 5.32 Å². The van der Waals surface area contributed by atoms with Crippen molar-refractivity contribution in [3.05, 3.63) is 28.2 Å². The second-order valence-corrected chi connectivity index (χ2v) is 4.71. The van der Waals surface area contributed by atoms with Crippen LogP contribution in [0.25, 0.3) is 0 Å². The molecular weight excluding hydrogens is 271 g/mol. The molecule has 0 saturated heterocycles. The summed E-state index contributed by atoms with van der Waals surface area (Å²) in [5.74, 6) is 0.151. The highest BCUT2D eigenvalue weighted by Crippen LogP contribution is 2.25. The lowest BCUT2D eigenvalue weighted by molar-refractivity contribution is -0.130. The number of anilines is 1. The van der Waals surface area contributed by atoms with E-state index in [0.29, 0.717) is 23.0 Å². The number of carbonyl (C=O) groups excluding carboxylic acids is 1. The Labute approximate surface area is 118 Å². The molecule has 0 aromatic heterocycles. The summed E-state index contributed by atoms with van der Waals surface area (Å²) in [4.78, 5) is 13.6. The van der Waals surface area contributed by atoms with Gasteiger partial charge >= 0.3 is 0 Å². The second-order valence-electron chi connectivity index (χ2n) is 3.87. The zero-order valence-electron chi connectivity index (χ0n) is 10.7. The average Bonchev–Trinajstić information content (AvgIpc) is 2.33. The highest BCUT2D eigenvalue weighted by molar-refractivity contribution is 6.36. The summed E-state index contributed by atoms with van der Waals surface area (Å²) in [7, 11) is 0. The van der Waals surface area contributed by atoms with Crippen LogP contribution in [0.3, 0.4) is 0 Å². The molecule has 100 valence electrons. The Kier molecular flexibility index (Phi) is 6.30. The van der Waals surface area contributed by atoms with Gasteiger partial charge in [0.05, 0.1) is 10.7 Å². The van der Waals surface area contributed by atoms with Gasteiger partial charge in [0.25, 0.3) is 0 Å². The zero-order valence-corrected chi connectivity index (χ0v) is 12.2. The van der Waals surface area contributed by atoms with Crippen LogP contribution in [-0.4, -0.2) is 30.4 Å². The lowest BCUT2D eigenvalue weighted by Gasteiger charge is -2.18. The lowest BCUT2D eigenvalue weighted by atomic mass is 10.3. The van der Waals surface area contributed by atoms with E-state index in [1.807, 2.05) is 24.8 Å². The van der Waals surface area contributed by atoms with Crippen molar-refractivity contribution < 1.29 is 4.79 Å². The largest absolute Gasteiger partial charge is 0.383 e. The van der Waals surface area contributed by atoms with Crippen LogP contribution in [0.15, 0.2) is 18.2 Å². The minimum atomic E-state index is 0.151. The first kappa shape index (κ1) is 15.1. The number of hydrogen-bond acceptors (Lipinski definition) is 2. The topological polar surface area (TPSA) is 32.3 Å². The van der Waals surface area contributed by atoms with E-state index in [0.717, 1.165) is 18.8 Å². The smallest absolute Gasteiger partial charge is 0.224 e. The fraction of sp³-hybridized carbons (Fsp3) is 0.462. The highest BCUT2D eigenvalue weighted by atomic mass is 35.5. The quantitative estimate of drug-likeness (QED) is 0.866. The Hall–Kier alpha value is -0.930. The van der Waals surface area contributed by atoms with Crippen molar-refractivity contribution in [3.8, 4) is 0 Å². The van der Waals surface area contributed by atoms with E-state index in [4.69, 9.17) is 23.2 Å². The molecule has 1 rings (SSSR count). The van der Waals surface area contributed by atoms with Crippen molar-refractivity contribution in [2.24, 2.45) is 0 Å². The second kappa shape index (κ2) is 7.49. The molecule has 0 aliphatic heterocycles. The predicted octanol–water partition coefficient (Wildman–Crippen LogP) is 3.66. The molecule has 0 aliphatic carbocycles. The molecule has 0 saturated carbocycles. The van der Waals surface area contributed by atoms with Crippen LogP contribution in [0.4, 0.5) is 5.69 Å². The van der Waals surface area contributed by atoms with Crippen molar-refractivity contribution in [1.82, 2.24) is 4.90 Å². The molecule has 0 aliphatic rings. The van der Waals surface area contributed by atoms with Crippen molar-refractivity contribution in [2.45, 2.75) is 20.3 Å².